The summed E-state index contributed by atoms with van der Waals surface area (Å²) >= 11 is 0. The highest BCUT2D eigenvalue weighted by Gasteiger charge is 2.40. The first-order valence-corrected chi connectivity index (χ1v) is 11.0. The number of carbonyl (C=O) groups excluding carboxylic acids is 4. The fourth-order valence-electron chi connectivity index (χ4n) is 4.80. The van der Waals surface area contributed by atoms with Gasteiger partial charge in [0, 0.05) is 37.8 Å². The molecule has 4 amide bonds. The molecule has 2 fully saturated rings. The quantitative estimate of drug-likeness (QED) is 0.695. The van der Waals surface area contributed by atoms with E-state index >= 15 is 0 Å². The molecule has 31 heavy (non-hydrogen) atoms. The minimum Gasteiger partial charge on any atom is -0.340 e. The summed E-state index contributed by atoms with van der Waals surface area (Å²) in [7, 11) is 0. The van der Waals surface area contributed by atoms with E-state index in [4.69, 9.17) is 5.26 Å². The Morgan fingerprint density at radius 1 is 0.903 bits per heavy atom. The van der Waals surface area contributed by atoms with E-state index in [1.807, 2.05) is 6.07 Å². The molecular weight excluding hydrogens is 396 g/mol. The van der Waals surface area contributed by atoms with E-state index in [0.29, 0.717) is 49.3 Å². The average molecular weight is 422 g/mol. The van der Waals surface area contributed by atoms with Gasteiger partial charge in [-0.25, -0.2) is 0 Å². The molecule has 0 atom stereocenters. The maximum absolute atomic E-state index is 13.1. The van der Waals surface area contributed by atoms with E-state index < -0.39 is 0 Å². The third-order valence-electron chi connectivity index (χ3n) is 6.47. The van der Waals surface area contributed by atoms with Gasteiger partial charge in [-0.3, -0.25) is 24.1 Å². The summed E-state index contributed by atoms with van der Waals surface area (Å²) in [5.41, 5.74) is 1.06. The molecule has 1 aromatic carbocycles. The Hall–Kier alpha value is -3.21. The highest BCUT2D eigenvalue weighted by atomic mass is 16.2. The number of nitriles is 1. The van der Waals surface area contributed by atoms with Crippen LogP contribution in [0.2, 0.25) is 0 Å². The summed E-state index contributed by atoms with van der Waals surface area (Å²) in [6.07, 6.45) is 5.31. The molecule has 3 aliphatic rings. The van der Waals surface area contributed by atoms with Crippen molar-refractivity contribution in [2.24, 2.45) is 0 Å². The van der Waals surface area contributed by atoms with Crippen molar-refractivity contribution in [2.75, 3.05) is 26.2 Å². The van der Waals surface area contributed by atoms with Gasteiger partial charge in [-0.1, -0.05) is 19.3 Å². The Balaban J connectivity index is 1.49. The van der Waals surface area contributed by atoms with Gasteiger partial charge in [0.25, 0.3) is 17.7 Å². The van der Waals surface area contributed by atoms with Gasteiger partial charge in [0.05, 0.1) is 17.2 Å². The SMILES string of the molecule is N#CCC(=O)N1CCCN(C(=O)c2ccc3c(c2)C(=O)N(C2CCCCC2)C3=O)CC1. The molecule has 0 bridgehead atoms. The number of hydrogen-bond donors (Lipinski definition) is 0. The predicted molar refractivity (Wildman–Crippen MR) is 111 cm³/mol. The van der Waals surface area contributed by atoms with Gasteiger partial charge in [-0.2, -0.15) is 5.26 Å². The Morgan fingerprint density at radius 2 is 1.58 bits per heavy atom. The molecule has 162 valence electrons. The van der Waals surface area contributed by atoms with Crippen molar-refractivity contribution in [3.05, 3.63) is 34.9 Å². The molecule has 2 heterocycles. The predicted octanol–water partition coefficient (Wildman–Crippen LogP) is 2.20. The zero-order valence-corrected chi connectivity index (χ0v) is 17.5. The van der Waals surface area contributed by atoms with Crippen molar-refractivity contribution in [3.63, 3.8) is 0 Å². The lowest BCUT2D eigenvalue weighted by Crippen LogP contribution is -2.40. The van der Waals surface area contributed by atoms with Crippen LogP contribution >= 0.6 is 0 Å². The van der Waals surface area contributed by atoms with Gasteiger partial charge in [-0.15, -0.1) is 0 Å². The number of amides is 4. The van der Waals surface area contributed by atoms with Gasteiger partial charge in [0.1, 0.15) is 6.42 Å². The van der Waals surface area contributed by atoms with Crippen molar-refractivity contribution >= 4 is 23.6 Å². The van der Waals surface area contributed by atoms with Crippen molar-refractivity contribution < 1.29 is 19.2 Å². The molecule has 0 spiro atoms. The van der Waals surface area contributed by atoms with Gasteiger partial charge < -0.3 is 9.80 Å². The molecule has 1 saturated carbocycles. The molecule has 0 unspecified atom stereocenters. The molecule has 8 nitrogen and oxygen atoms in total. The van der Waals surface area contributed by atoms with Gasteiger partial charge in [0.2, 0.25) is 5.91 Å². The second-order valence-electron chi connectivity index (χ2n) is 8.39. The number of hydrogen-bond acceptors (Lipinski definition) is 5. The van der Waals surface area contributed by atoms with Crippen molar-refractivity contribution in [3.8, 4) is 6.07 Å². The summed E-state index contributed by atoms with van der Waals surface area (Å²) in [4.78, 5) is 55.6. The largest absolute Gasteiger partial charge is 0.340 e. The lowest BCUT2D eigenvalue weighted by Gasteiger charge is -2.29. The van der Waals surface area contributed by atoms with Gasteiger partial charge >= 0.3 is 0 Å². The monoisotopic (exact) mass is 422 g/mol. The van der Waals surface area contributed by atoms with E-state index in [-0.39, 0.29) is 36.1 Å². The Labute approximate surface area is 181 Å². The van der Waals surface area contributed by atoms with E-state index in [1.54, 1.807) is 28.0 Å². The molecule has 2 aliphatic heterocycles. The fourth-order valence-corrected chi connectivity index (χ4v) is 4.80. The van der Waals surface area contributed by atoms with E-state index in [1.165, 1.54) is 4.90 Å². The first-order chi connectivity index (χ1) is 15.0. The standard InChI is InChI=1S/C23H26N4O4/c24-10-9-20(28)25-11-4-12-26(14-13-25)21(29)16-7-8-18-19(15-16)23(31)27(22(18)30)17-5-2-1-3-6-17/h7-8,15,17H,1-6,9,11-14H2. The van der Waals surface area contributed by atoms with Crippen LogP contribution in [0.3, 0.4) is 0 Å². The van der Waals surface area contributed by atoms with E-state index in [9.17, 15) is 19.2 Å². The molecule has 1 aliphatic carbocycles. The van der Waals surface area contributed by atoms with Crippen molar-refractivity contribution in [2.45, 2.75) is 51.0 Å². The summed E-state index contributed by atoms with van der Waals surface area (Å²) in [6, 6.07) is 6.56. The highest BCUT2D eigenvalue weighted by Crippen LogP contribution is 2.31. The number of benzene rings is 1. The second-order valence-corrected chi connectivity index (χ2v) is 8.39. The summed E-state index contributed by atoms with van der Waals surface area (Å²) in [5.74, 6) is -0.993. The van der Waals surface area contributed by atoms with Crippen LogP contribution in [0.5, 0.6) is 0 Å². The van der Waals surface area contributed by atoms with Crippen LogP contribution < -0.4 is 0 Å². The topological polar surface area (TPSA) is 102 Å². The zero-order valence-electron chi connectivity index (χ0n) is 17.5. The lowest BCUT2D eigenvalue weighted by molar-refractivity contribution is -0.130. The normalized spacial score (nSPS) is 19.8. The van der Waals surface area contributed by atoms with Crippen molar-refractivity contribution in [1.29, 1.82) is 5.26 Å². The average Bonchev–Trinajstić information content (AvgIpc) is 2.94. The van der Waals surface area contributed by atoms with Crippen LogP contribution in [0.25, 0.3) is 0 Å². The van der Waals surface area contributed by atoms with Crippen LogP contribution in [0.15, 0.2) is 18.2 Å². The summed E-state index contributed by atoms with van der Waals surface area (Å²) in [5, 5.41) is 8.73. The molecule has 0 N–H and O–H groups in total. The number of rotatable bonds is 3. The molecule has 1 aromatic rings. The van der Waals surface area contributed by atoms with Crippen LogP contribution in [-0.2, 0) is 4.79 Å². The molecule has 8 heteroatoms. The number of fused-ring (bicyclic) bond motifs is 1. The molecule has 1 saturated heterocycles. The molecular formula is C23H26N4O4. The minimum atomic E-state index is -0.300. The van der Waals surface area contributed by atoms with Crippen LogP contribution in [0.1, 0.15) is 76.0 Å². The Bertz CT molecular complexity index is 961. The molecule has 0 aromatic heterocycles. The van der Waals surface area contributed by atoms with Crippen LogP contribution in [0.4, 0.5) is 0 Å². The Kier molecular flexibility index (Phi) is 6.03. The molecule has 0 radical (unpaired) electrons. The van der Waals surface area contributed by atoms with Crippen molar-refractivity contribution in [1.82, 2.24) is 14.7 Å². The molecule has 4 rings (SSSR count). The fraction of sp³-hybridized carbons (Fsp3) is 0.522. The summed E-state index contributed by atoms with van der Waals surface area (Å²) < 4.78 is 0. The highest BCUT2D eigenvalue weighted by molar-refractivity contribution is 6.22. The van der Waals surface area contributed by atoms with Crippen LogP contribution in [-0.4, -0.2) is 70.5 Å². The minimum absolute atomic E-state index is 0.0529. The van der Waals surface area contributed by atoms with Gasteiger partial charge in [0.15, 0.2) is 0 Å². The third-order valence-corrected chi connectivity index (χ3v) is 6.47. The third kappa shape index (κ3) is 4.05. The first-order valence-electron chi connectivity index (χ1n) is 11.0. The van der Waals surface area contributed by atoms with E-state index in [0.717, 1.165) is 32.1 Å². The maximum Gasteiger partial charge on any atom is 0.261 e. The Morgan fingerprint density at radius 3 is 2.32 bits per heavy atom. The maximum atomic E-state index is 13.1. The first kappa shape index (κ1) is 21.0. The second kappa shape index (κ2) is 8.88. The number of imide groups is 1. The van der Waals surface area contributed by atoms with Crippen LogP contribution in [0, 0.1) is 11.3 Å². The van der Waals surface area contributed by atoms with Gasteiger partial charge in [-0.05, 0) is 37.5 Å². The smallest absolute Gasteiger partial charge is 0.261 e. The van der Waals surface area contributed by atoms with E-state index in [2.05, 4.69) is 0 Å². The summed E-state index contributed by atoms with van der Waals surface area (Å²) in [6.45, 7) is 1.75. The number of nitrogens with zero attached hydrogens (tertiary/aromatic N) is 4. The lowest BCUT2D eigenvalue weighted by atomic mass is 9.94. The number of carbonyl (C=O) groups is 4. The zero-order chi connectivity index (χ0) is 22.0.